The van der Waals surface area contributed by atoms with Crippen LogP contribution in [0.1, 0.15) is 42.2 Å². The highest BCUT2D eigenvalue weighted by Crippen LogP contribution is 2.38. The number of hydrogen-bond acceptors (Lipinski definition) is 8. The van der Waals surface area contributed by atoms with Gasteiger partial charge in [0, 0.05) is 31.3 Å². The lowest BCUT2D eigenvalue weighted by Gasteiger charge is -2.33. The van der Waals surface area contributed by atoms with Crippen molar-refractivity contribution in [2.45, 2.75) is 37.7 Å². The van der Waals surface area contributed by atoms with Gasteiger partial charge in [-0.05, 0) is 43.0 Å². The first-order valence-electron chi connectivity index (χ1n) is 13.0. The van der Waals surface area contributed by atoms with Crippen molar-refractivity contribution in [1.82, 2.24) is 29.8 Å². The number of hydrogen-bond donors (Lipinski definition) is 2. The van der Waals surface area contributed by atoms with Crippen LogP contribution in [0.4, 0.5) is 26.3 Å². The Hall–Kier alpha value is -4.31. The molecular weight excluding hydrogens is 586 g/mol. The van der Waals surface area contributed by atoms with E-state index in [-0.39, 0.29) is 18.2 Å². The van der Waals surface area contributed by atoms with Gasteiger partial charge in [0.1, 0.15) is 0 Å². The number of halogens is 6. The average Bonchev–Trinajstić information content (AvgIpc) is 3.61. The Morgan fingerprint density at radius 1 is 1.05 bits per heavy atom. The molecule has 5 rings (SSSR count). The number of rotatable bonds is 8. The molecule has 2 N–H and O–H groups in total. The van der Waals surface area contributed by atoms with Gasteiger partial charge >= 0.3 is 18.3 Å². The minimum atomic E-state index is -5.01. The Bertz CT molecular complexity index is 1570. The maximum absolute atomic E-state index is 14.1. The van der Waals surface area contributed by atoms with Gasteiger partial charge in [-0.1, -0.05) is 29.4 Å². The standard InChI is InChI=1S/C27H24F6N6O4/c28-26(29,30)18-7-8-21(34-11-18)39-23(27(31,32)33)19(12-35-39)25-36-24(37-43-25)17-5-3-16(4-6-17)20(40)14-38-9-1-2-15(13-38)10-22(41)42/h3-8,11-12,15,20,40H,1-2,9-10,13-14H2,(H,41,42). The third-order valence-electron chi connectivity index (χ3n) is 7.04. The van der Waals surface area contributed by atoms with E-state index in [0.29, 0.717) is 41.2 Å². The van der Waals surface area contributed by atoms with Crippen molar-refractivity contribution in [3.63, 3.8) is 0 Å². The largest absolute Gasteiger partial charge is 0.481 e. The number of alkyl halides is 6. The first kappa shape index (κ1) is 30.2. The van der Waals surface area contributed by atoms with Gasteiger partial charge in [0.05, 0.1) is 23.4 Å². The summed E-state index contributed by atoms with van der Waals surface area (Å²) < 4.78 is 86.2. The molecule has 0 saturated carbocycles. The average molecular weight is 611 g/mol. The molecule has 1 aliphatic heterocycles. The summed E-state index contributed by atoms with van der Waals surface area (Å²) >= 11 is 0. The number of nitrogens with zero attached hydrogens (tertiary/aromatic N) is 6. The lowest BCUT2D eigenvalue weighted by molar-refractivity contribution is -0.142. The Balaban J connectivity index is 1.33. The molecule has 2 unspecified atom stereocenters. The van der Waals surface area contributed by atoms with Gasteiger partial charge in [-0.25, -0.2) is 9.67 Å². The van der Waals surface area contributed by atoms with Gasteiger partial charge in [0.2, 0.25) is 5.82 Å². The van der Waals surface area contributed by atoms with Crippen LogP contribution in [0.2, 0.25) is 0 Å². The summed E-state index contributed by atoms with van der Waals surface area (Å²) in [7, 11) is 0. The predicted octanol–water partition coefficient (Wildman–Crippen LogP) is 5.24. The van der Waals surface area contributed by atoms with E-state index in [1.54, 1.807) is 24.3 Å². The van der Waals surface area contributed by atoms with Crippen LogP contribution in [0, 0.1) is 5.92 Å². The highest BCUT2D eigenvalue weighted by molar-refractivity contribution is 5.67. The quantitative estimate of drug-likeness (QED) is 0.257. The van der Waals surface area contributed by atoms with Crippen LogP contribution < -0.4 is 0 Å². The van der Waals surface area contributed by atoms with Crippen LogP contribution in [-0.2, 0) is 17.1 Å². The second-order valence-corrected chi connectivity index (χ2v) is 10.1. The van der Waals surface area contributed by atoms with Crippen molar-refractivity contribution in [2.75, 3.05) is 19.6 Å². The molecule has 1 saturated heterocycles. The molecule has 0 amide bonds. The van der Waals surface area contributed by atoms with Gasteiger partial charge in [0.15, 0.2) is 11.5 Å². The monoisotopic (exact) mass is 610 g/mol. The maximum atomic E-state index is 14.1. The number of aliphatic hydroxyl groups is 1. The number of carboxylic acid groups (broad SMARTS) is 1. The molecule has 1 fully saturated rings. The Morgan fingerprint density at radius 3 is 2.42 bits per heavy atom. The van der Waals surface area contributed by atoms with Crippen molar-refractivity contribution in [1.29, 1.82) is 0 Å². The molecule has 2 atom stereocenters. The summed E-state index contributed by atoms with van der Waals surface area (Å²) in [4.78, 5) is 20.6. The highest BCUT2D eigenvalue weighted by Gasteiger charge is 2.41. The number of piperidine rings is 1. The molecular formula is C27H24F6N6O4. The summed E-state index contributed by atoms with van der Waals surface area (Å²) in [5.74, 6) is -1.90. The molecule has 43 heavy (non-hydrogen) atoms. The van der Waals surface area contributed by atoms with Gasteiger partial charge in [0.25, 0.3) is 5.89 Å². The summed E-state index contributed by atoms with van der Waals surface area (Å²) in [6, 6.07) is 7.73. The first-order chi connectivity index (χ1) is 20.3. The number of pyridine rings is 1. The minimum Gasteiger partial charge on any atom is -0.481 e. The molecule has 3 aromatic heterocycles. The van der Waals surface area contributed by atoms with E-state index in [0.717, 1.165) is 31.6 Å². The normalized spacial score (nSPS) is 17.2. The van der Waals surface area contributed by atoms with E-state index in [1.807, 2.05) is 4.90 Å². The number of β-amino-alcohol motifs (C(OH)–C–C–N with tert-alkyl or cyclic N) is 1. The lowest BCUT2D eigenvalue weighted by atomic mass is 9.94. The number of aliphatic carboxylic acids is 1. The minimum absolute atomic E-state index is 0.0180. The SMILES string of the molecule is O=C(O)CC1CCCN(CC(O)c2ccc(-c3noc(-c4cnn(-c5ccc(C(F)(F)F)cn5)c4C(F)(F)F)n3)cc2)C1. The Kier molecular flexibility index (Phi) is 8.25. The zero-order chi connectivity index (χ0) is 30.9. The van der Waals surface area contributed by atoms with Crippen molar-refractivity contribution in [3.05, 3.63) is 65.6 Å². The van der Waals surface area contributed by atoms with Crippen LogP contribution in [0.25, 0.3) is 28.7 Å². The molecule has 1 aliphatic rings. The fourth-order valence-corrected chi connectivity index (χ4v) is 5.02. The van der Waals surface area contributed by atoms with E-state index in [2.05, 4.69) is 20.2 Å². The van der Waals surface area contributed by atoms with Gasteiger partial charge in [-0.15, -0.1) is 0 Å². The number of carbonyl (C=O) groups is 1. The number of likely N-dealkylation sites (tertiary alicyclic amines) is 1. The van der Waals surface area contributed by atoms with E-state index < -0.39 is 53.0 Å². The molecule has 4 heterocycles. The van der Waals surface area contributed by atoms with Crippen LogP contribution in [0.3, 0.4) is 0 Å². The van der Waals surface area contributed by atoms with Crippen LogP contribution in [-0.4, -0.2) is 65.6 Å². The van der Waals surface area contributed by atoms with Crippen molar-refractivity contribution < 1.29 is 45.9 Å². The third-order valence-corrected chi connectivity index (χ3v) is 7.04. The lowest BCUT2D eigenvalue weighted by Crippen LogP contribution is -2.38. The molecule has 0 bridgehead atoms. The van der Waals surface area contributed by atoms with Gasteiger partial charge < -0.3 is 19.6 Å². The zero-order valence-electron chi connectivity index (χ0n) is 22.2. The summed E-state index contributed by atoms with van der Waals surface area (Å²) in [6.45, 7) is 1.61. The number of aliphatic hydroxyl groups excluding tert-OH is 1. The fourth-order valence-electron chi connectivity index (χ4n) is 5.02. The molecule has 16 heteroatoms. The Labute approximate surface area is 239 Å². The van der Waals surface area contributed by atoms with Crippen LogP contribution in [0.15, 0.2) is 53.3 Å². The second-order valence-electron chi connectivity index (χ2n) is 10.1. The summed E-state index contributed by atoms with van der Waals surface area (Å²) in [5.41, 5.74) is -2.14. The van der Waals surface area contributed by atoms with Crippen molar-refractivity contribution in [2.24, 2.45) is 5.92 Å². The molecule has 0 spiro atoms. The molecule has 4 aromatic rings. The predicted molar refractivity (Wildman–Crippen MR) is 136 cm³/mol. The Morgan fingerprint density at radius 2 is 1.79 bits per heavy atom. The second kappa shape index (κ2) is 11.8. The molecule has 0 aliphatic carbocycles. The number of carboxylic acids is 1. The van der Waals surface area contributed by atoms with Gasteiger partial charge in [-0.2, -0.15) is 36.4 Å². The van der Waals surface area contributed by atoms with E-state index in [1.165, 1.54) is 0 Å². The molecule has 0 radical (unpaired) electrons. The topological polar surface area (TPSA) is 130 Å². The van der Waals surface area contributed by atoms with Gasteiger partial charge in [-0.3, -0.25) is 4.79 Å². The molecule has 1 aromatic carbocycles. The van der Waals surface area contributed by atoms with Crippen molar-refractivity contribution in [3.8, 4) is 28.7 Å². The van der Waals surface area contributed by atoms with E-state index in [9.17, 15) is 36.2 Å². The first-order valence-corrected chi connectivity index (χ1v) is 13.0. The molecule has 10 nitrogen and oxygen atoms in total. The van der Waals surface area contributed by atoms with Crippen LogP contribution >= 0.6 is 0 Å². The zero-order valence-corrected chi connectivity index (χ0v) is 22.2. The molecule has 228 valence electrons. The number of benzene rings is 1. The van der Waals surface area contributed by atoms with Crippen molar-refractivity contribution >= 4 is 5.97 Å². The van der Waals surface area contributed by atoms with E-state index in [4.69, 9.17) is 9.63 Å². The highest BCUT2D eigenvalue weighted by atomic mass is 19.4. The van der Waals surface area contributed by atoms with Crippen LogP contribution in [0.5, 0.6) is 0 Å². The smallest absolute Gasteiger partial charge is 0.434 e. The fraction of sp³-hybridized carbons (Fsp3) is 0.370. The third kappa shape index (κ3) is 6.85. The number of aromatic nitrogens is 5. The summed E-state index contributed by atoms with van der Waals surface area (Å²) in [5, 5.41) is 27.2. The maximum Gasteiger partial charge on any atom is 0.434 e. The van der Waals surface area contributed by atoms with E-state index >= 15 is 0 Å². The summed E-state index contributed by atoms with van der Waals surface area (Å²) in [6.07, 6.45) is -7.65.